The van der Waals surface area contributed by atoms with Gasteiger partial charge in [-0.2, -0.15) is 0 Å². The number of carbonyl (C=O) groups is 2. The van der Waals surface area contributed by atoms with Crippen LogP contribution in [-0.2, 0) is 9.59 Å². The molecule has 0 saturated heterocycles. The molecule has 1 aromatic rings. The molecule has 7 heteroatoms. The Labute approximate surface area is 139 Å². The number of nitrogens with one attached hydrogen (secondary N) is 2. The molecule has 1 aromatic carbocycles. The van der Waals surface area contributed by atoms with Crippen LogP contribution in [-0.4, -0.2) is 28.1 Å². The van der Waals surface area contributed by atoms with Gasteiger partial charge in [0.2, 0.25) is 11.6 Å². The number of halogens is 2. The quantitative estimate of drug-likeness (QED) is 0.827. The summed E-state index contributed by atoms with van der Waals surface area (Å²) < 4.78 is 0. The number of hydrogen-bond donors (Lipinski definition) is 2. The van der Waals surface area contributed by atoms with Gasteiger partial charge < -0.3 is 10.6 Å². The number of carbonyl (C=O) groups excluding carboxylic acids is 2. The summed E-state index contributed by atoms with van der Waals surface area (Å²) in [4.78, 5) is 27.7. The van der Waals surface area contributed by atoms with Gasteiger partial charge in [0.25, 0.3) is 5.91 Å². The van der Waals surface area contributed by atoms with Crippen molar-refractivity contribution in [3.05, 3.63) is 35.9 Å². The van der Waals surface area contributed by atoms with E-state index in [1.165, 1.54) is 0 Å². The van der Waals surface area contributed by atoms with Gasteiger partial charge in [-0.25, -0.2) is 4.99 Å². The van der Waals surface area contributed by atoms with E-state index in [4.69, 9.17) is 23.2 Å². The normalized spacial score (nSPS) is 21.5. The van der Waals surface area contributed by atoms with Gasteiger partial charge in [-0.05, 0) is 0 Å². The van der Waals surface area contributed by atoms with Crippen molar-refractivity contribution in [3.63, 3.8) is 0 Å². The number of amides is 2. The Balaban J connectivity index is 2.41. The van der Waals surface area contributed by atoms with Crippen LogP contribution in [0.3, 0.4) is 0 Å². The SMILES string of the molecule is CC(C)(C)C(=O)NC1(C(Cl)Cl)N=C(c2ccccc2)NC1=O. The fraction of sp³-hybridized carbons (Fsp3) is 0.400. The van der Waals surface area contributed by atoms with Crippen LogP contribution in [0.15, 0.2) is 35.3 Å². The van der Waals surface area contributed by atoms with E-state index in [2.05, 4.69) is 15.6 Å². The number of rotatable bonds is 3. The van der Waals surface area contributed by atoms with Crippen molar-refractivity contribution in [3.8, 4) is 0 Å². The molecule has 1 aliphatic heterocycles. The van der Waals surface area contributed by atoms with Crippen LogP contribution >= 0.6 is 23.2 Å². The number of alkyl halides is 2. The van der Waals surface area contributed by atoms with E-state index in [1.807, 2.05) is 18.2 Å². The molecule has 2 amide bonds. The molecular weight excluding hydrogens is 325 g/mol. The zero-order chi connectivity index (χ0) is 16.5. The van der Waals surface area contributed by atoms with Crippen molar-refractivity contribution < 1.29 is 9.59 Å². The zero-order valence-corrected chi connectivity index (χ0v) is 14.0. The molecule has 1 atom stereocenters. The molecule has 0 radical (unpaired) electrons. The summed E-state index contributed by atoms with van der Waals surface area (Å²) >= 11 is 11.9. The summed E-state index contributed by atoms with van der Waals surface area (Å²) in [5, 5.41) is 5.21. The van der Waals surface area contributed by atoms with Gasteiger partial charge >= 0.3 is 0 Å². The summed E-state index contributed by atoms with van der Waals surface area (Å²) in [5.41, 5.74) is -1.73. The van der Waals surface area contributed by atoms with Crippen LogP contribution in [0.2, 0.25) is 0 Å². The first-order chi connectivity index (χ1) is 10.2. The van der Waals surface area contributed by atoms with Crippen LogP contribution in [0.1, 0.15) is 26.3 Å². The molecule has 0 saturated carbocycles. The molecule has 22 heavy (non-hydrogen) atoms. The van der Waals surface area contributed by atoms with Crippen molar-refractivity contribution in [2.24, 2.45) is 10.4 Å². The van der Waals surface area contributed by atoms with Crippen molar-refractivity contribution in [1.29, 1.82) is 0 Å². The third kappa shape index (κ3) is 3.10. The van der Waals surface area contributed by atoms with Gasteiger partial charge in [-0.1, -0.05) is 74.3 Å². The van der Waals surface area contributed by atoms with Gasteiger partial charge in [0, 0.05) is 11.0 Å². The molecule has 0 bridgehead atoms. The Morgan fingerprint density at radius 3 is 2.36 bits per heavy atom. The fourth-order valence-electron chi connectivity index (χ4n) is 1.84. The minimum Gasteiger partial charge on any atom is -0.321 e. The highest BCUT2D eigenvalue weighted by atomic mass is 35.5. The van der Waals surface area contributed by atoms with Crippen LogP contribution in [0.5, 0.6) is 0 Å². The molecular formula is C15H17Cl2N3O2. The molecule has 1 heterocycles. The van der Waals surface area contributed by atoms with Crippen LogP contribution in [0.4, 0.5) is 0 Å². The number of nitrogens with zero attached hydrogens (tertiary/aromatic N) is 1. The molecule has 0 spiro atoms. The van der Waals surface area contributed by atoms with Gasteiger partial charge in [-0.15, -0.1) is 0 Å². The minimum atomic E-state index is -1.72. The molecule has 1 unspecified atom stereocenters. The molecule has 5 nitrogen and oxygen atoms in total. The molecule has 0 fully saturated rings. The number of hydrogen-bond acceptors (Lipinski definition) is 3. The molecule has 0 aliphatic carbocycles. The lowest BCUT2D eigenvalue weighted by Crippen LogP contribution is -2.60. The average Bonchev–Trinajstić information content (AvgIpc) is 2.77. The highest BCUT2D eigenvalue weighted by Gasteiger charge is 2.51. The highest BCUT2D eigenvalue weighted by Crippen LogP contribution is 2.29. The third-order valence-corrected chi connectivity index (χ3v) is 3.85. The largest absolute Gasteiger partial charge is 0.321 e. The Kier molecular flexibility index (Phi) is 4.49. The Morgan fingerprint density at radius 2 is 1.86 bits per heavy atom. The van der Waals surface area contributed by atoms with E-state index in [0.717, 1.165) is 0 Å². The maximum absolute atomic E-state index is 12.4. The molecule has 0 aromatic heterocycles. The van der Waals surface area contributed by atoms with E-state index >= 15 is 0 Å². The van der Waals surface area contributed by atoms with E-state index in [9.17, 15) is 9.59 Å². The number of amidine groups is 1. The molecule has 2 N–H and O–H groups in total. The first-order valence-corrected chi connectivity index (χ1v) is 7.61. The standard InChI is InChI=1S/C15H17Cl2N3O2/c1-14(2,3)12(21)20-15(11(16)17)13(22)18-10(19-15)9-7-5-4-6-8-9/h4-8,11H,1-3H3,(H,20,21)(H,18,19,22). The predicted octanol–water partition coefficient (Wildman–Crippen LogP) is 2.23. The Morgan fingerprint density at radius 1 is 1.27 bits per heavy atom. The van der Waals surface area contributed by atoms with Crippen LogP contribution in [0, 0.1) is 5.41 Å². The highest BCUT2D eigenvalue weighted by molar-refractivity contribution is 6.47. The van der Waals surface area contributed by atoms with Gasteiger partial charge in [0.15, 0.2) is 4.84 Å². The lowest BCUT2D eigenvalue weighted by Gasteiger charge is -2.29. The van der Waals surface area contributed by atoms with Crippen LogP contribution in [0.25, 0.3) is 0 Å². The van der Waals surface area contributed by atoms with E-state index < -0.39 is 21.8 Å². The lowest BCUT2D eigenvalue weighted by atomic mass is 9.94. The summed E-state index contributed by atoms with van der Waals surface area (Å²) in [7, 11) is 0. The van der Waals surface area contributed by atoms with Gasteiger partial charge in [0.1, 0.15) is 5.84 Å². The first-order valence-electron chi connectivity index (χ1n) is 6.74. The minimum absolute atomic E-state index is 0.325. The first kappa shape index (κ1) is 16.8. The second-order valence-corrected chi connectivity index (χ2v) is 7.15. The predicted molar refractivity (Wildman–Crippen MR) is 86.9 cm³/mol. The molecule has 1 aliphatic rings. The van der Waals surface area contributed by atoms with Crippen molar-refractivity contribution in [2.45, 2.75) is 31.3 Å². The lowest BCUT2D eigenvalue weighted by molar-refractivity contribution is -0.135. The van der Waals surface area contributed by atoms with Crippen LogP contribution < -0.4 is 10.6 Å². The third-order valence-electron chi connectivity index (χ3n) is 3.21. The second-order valence-electron chi connectivity index (χ2n) is 6.05. The maximum Gasteiger partial charge on any atom is 0.277 e. The van der Waals surface area contributed by atoms with E-state index in [-0.39, 0.29) is 5.91 Å². The maximum atomic E-state index is 12.4. The summed E-state index contributed by atoms with van der Waals surface area (Å²) in [5.74, 6) is -0.600. The summed E-state index contributed by atoms with van der Waals surface area (Å²) in [6, 6.07) is 9.06. The molecule has 2 rings (SSSR count). The zero-order valence-electron chi connectivity index (χ0n) is 12.5. The van der Waals surface area contributed by atoms with Gasteiger partial charge in [-0.3, -0.25) is 9.59 Å². The Hall–Kier alpha value is -1.59. The average molecular weight is 342 g/mol. The van der Waals surface area contributed by atoms with E-state index in [1.54, 1.807) is 32.9 Å². The van der Waals surface area contributed by atoms with Crippen molar-refractivity contribution >= 4 is 40.9 Å². The Bertz CT molecular complexity index is 623. The monoisotopic (exact) mass is 341 g/mol. The molecule has 118 valence electrons. The van der Waals surface area contributed by atoms with Crippen molar-refractivity contribution in [2.75, 3.05) is 0 Å². The smallest absolute Gasteiger partial charge is 0.277 e. The second kappa shape index (κ2) is 5.89. The summed E-state index contributed by atoms with van der Waals surface area (Å²) in [6.07, 6.45) is 0. The topological polar surface area (TPSA) is 70.6 Å². The number of benzene rings is 1. The van der Waals surface area contributed by atoms with Crippen molar-refractivity contribution in [1.82, 2.24) is 10.6 Å². The fourth-order valence-corrected chi connectivity index (χ4v) is 2.24. The summed E-state index contributed by atoms with van der Waals surface area (Å²) in [6.45, 7) is 5.17. The van der Waals surface area contributed by atoms with E-state index in [0.29, 0.717) is 11.4 Å². The van der Waals surface area contributed by atoms with Gasteiger partial charge in [0.05, 0.1) is 0 Å². The number of aliphatic imine (C=N–C) groups is 1.